The van der Waals surface area contributed by atoms with Gasteiger partial charge in [-0.1, -0.05) is 23.2 Å². The van der Waals surface area contributed by atoms with Crippen LogP contribution in [0.1, 0.15) is 16.1 Å². The average Bonchev–Trinajstić information content (AvgIpc) is 3.39. The molecule has 184 valence electrons. The van der Waals surface area contributed by atoms with Crippen LogP contribution in [0.5, 0.6) is 5.75 Å². The summed E-state index contributed by atoms with van der Waals surface area (Å²) in [5.41, 5.74) is 0.771. The number of aromatic carboxylic acids is 1. The van der Waals surface area contributed by atoms with Crippen molar-refractivity contribution in [2.45, 2.75) is 0 Å². The summed E-state index contributed by atoms with van der Waals surface area (Å²) in [6.45, 7) is -0.488. The fourth-order valence-electron chi connectivity index (χ4n) is 3.28. The maximum atomic E-state index is 12.8. The first kappa shape index (κ1) is 25.4. The summed E-state index contributed by atoms with van der Waals surface area (Å²) in [6.07, 6.45) is 1.38. The molecular weight excluding hydrogens is 531 g/mol. The third-order valence-electron chi connectivity index (χ3n) is 4.99. The Morgan fingerprint density at radius 2 is 1.89 bits per heavy atom. The van der Waals surface area contributed by atoms with Gasteiger partial charge >= 0.3 is 5.97 Å². The molecule has 0 radical (unpaired) electrons. The highest BCUT2D eigenvalue weighted by Crippen LogP contribution is 2.34. The Morgan fingerprint density at radius 1 is 1.11 bits per heavy atom. The van der Waals surface area contributed by atoms with E-state index in [1.165, 1.54) is 31.4 Å². The van der Waals surface area contributed by atoms with Gasteiger partial charge in [0, 0.05) is 17.3 Å². The minimum Gasteiger partial charge on any atom is -0.495 e. The average molecular weight is 547 g/mol. The number of amides is 3. The summed E-state index contributed by atoms with van der Waals surface area (Å²) in [5.74, 6) is -1.37. The fourth-order valence-corrected chi connectivity index (χ4v) is 4.56. The van der Waals surface area contributed by atoms with Gasteiger partial charge in [0.1, 0.15) is 23.8 Å². The minimum absolute atomic E-state index is 0.0727. The highest BCUT2D eigenvalue weighted by atomic mass is 35.5. The van der Waals surface area contributed by atoms with Gasteiger partial charge in [0.2, 0.25) is 5.91 Å². The molecule has 2 heterocycles. The van der Waals surface area contributed by atoms with E-state index in [9.17, 15) is 24.3 Å². The monoisotopic (exact) mass is 546 g/mol. The zero-order valence-electron chi connectivity index (χ0n) is 18.4. The number of hydrogen-bond donors (Lipinski definition) is 2. The zero-order valence-corrected chi connectivity index (χ0v) is 20.7. The van der Waals surface area contributed by atoms with Crippen molar-refractivity contribution in [2.24, 2.45) is 0 Å². The number of thioether (sulfide) groups is 1. The van der Waals surface area contributed by atoms with Crippen molar-refractivity contribution in [2.75, 3.05) is 19.0 Å². The predicted molar refractivity (Wildman–Crippen MR) is 135 cm³/mol. The number of methoxy groups -OCH3 is 1. The van der Waals surface area contributed by atoms with Crippen LogP contribution in [0.15, 0.2) is 57.9 Å². The Hall–Kier alpha value is -3.73. The Labute approximate surface area is 218 Å². The third kappa shape index (κ3) is 5.40. The number of benzene rings is 2. The molecule has 1 saturated heterocycles. The molecule has 0 spiro atoms. The van der Waals surface area contributed by atoms with Crippen LogP contribution in [-0.2, 0) is 9.59 Å². The molecule has 3 amide bonds. The van der Waals surface area contributed by atoms with E-state index < -0.39 is 29.6 Å². The quantitative estimate of drug-likeness (QED) is 0.365. The van der Waals surface area contributed by atoms with Crippen LogP contribution in [0.4, 0.5) is 10.5 Å². The smallest absolute Gasteiger partial charge is 0.337 e. The number of nitrogens with one attached hydrogen (secondary N) is 1. The number of ether oxygens (including phenoxy) is 1. The van der Waals surface area contributed by atoms with Gasteiger partial charge in [-0.2, -0.15) is 0 Å². The molecule has 2 N–H and O–H groups in total. The highest BCUT2D eigenvalue weighted by Gasteiger charge is 2.36. The molecule has 0 aliphatic carbocycles. The normalized spacial score (nSPS) is 14.4. The molecule has 3 aromatic rings. The van der Waals surface area contributed by atoms with Crippen LogP contribution in [0.3, 0.4) is 0 Å². The summed E-state index contributed by atoms with van der Waals surface area (Å²) in [7, 11) is 1.46. The van der Waals surface area contributed by atoms with Gasteiger partial charge in [-0.3, -0.25) is 19.3 Å². The first-order valence-corrected chi connectivity index (χ1v) is 11.8. The van der Waals surface area contributed by atoms with E-state index in [0.29, 0.717) is 39.5 Å². The Morgan fingerprint density at radius 3 is 2.58 bits per heavy atom. The van der Waals surface area contributed by atoms with E-state index >= 15 is 0 Å². The first-order valence-electron chi connectivity index (χ1n) is 10.2. The maximum absolute atomic E-state index is 12.8. The number of carboxylic acid groups (broad SMARTS) is 1. The van der Waals surface area contributed by atoms with E-state index in [0.717, 1.165) is 4.90 Å². The molecular formula is C24H16Cl2N2O7S. The molecule has 36 heavy (non-hydrogen) atoms. The van der Waals surface area contributed by atoms with Crippen molar-refractivity contribution in [3.8, 4) is 17.1 Å². The number of anilines is 1. The lowest BCUT2D eigenvalue weighted by Crippen LogP contribution is -2.36. The van der Waals surface area contributed by atoms with Crippen LogP contribution in [0.25, 0.3) is 17.4 Å². The summed E-state index contributed by atoms with van der Waals surface area (Å²) >= 11 is 12.6. The summed E-state index contributed by atoms with van der Waals surface area (Å²) < 4.78 is 10.8. The van der Waals surface area contributed by atoms with Crippen LogP contribution in [0.2, 0.25) is 10.0 Å². The zero-order chi connectivity index (χ0) is 26.0. The van der Waals surface area contributed by atoms with E-state index in [4.69, 9.17) is 32.4 Å². The topological polar surface area (TPSA) is 126 Å². The third-order valence-corrected chi connectivity index (χ3v) is 6.52. The SMILES string of the molecule is COc1ccc(NC(=O)CN2C(=O)S/C(=C/c3ccc(-c4ccc(Cl)c(C(=O)O)c4)o3)C2=O)cc1Cl. The number of carbonyl (C=O) groups is 4. The lowest BCUT2D eigenvalue weighted by molar-refractivity contribution is -0.127. The van der Waals surface area contributed by atoms with E-state index in [1.54, 1.807) is 30.3 Å². The second-order valence-electron chi connectivity index (χ2n) is 7.37. The van der Waals surface area contributed by atoms with Gasteiger partial charge in [-0.25, -0.2) is 4.79 Å². The number of rotatable bonds is 7. The van der Waals surface area contributed by atoms with Gasteiger partial charge in [0.15, 0.2) is 0 Å². The van der Waals surface area contributed by atoms with Gasteiger partial charge in [-0.15, -0.1) is 0 Å². The van der Waals surface area contributed by atoms with E-state index in [1.807, 2.05) is 0 Å². The molecule has 12 heteroatoms. The minimum atomic E-state index is -1.18. The molecule has 1 aliphatic rings. The molecule has 0 saturated carbocycles. The predicted octanol–water partition coefficient (Wildman–Crippen LogP) is 5.64. The van der Waals surface area contributed by atoms with Crippen molar-refractivity contribution in [1.82, 2.24) is 4.90 Å². The number of carbonyl (C=O) groups excluding carboxylic acids is 3. The van der Waals surface area contributed by atoms with Crippen molar-refractivity contribution in [1.29, 1.82) is 0 Å². The fraction of sp³-hybridized carbons (Fsp3) is 0.0833. The van der Waals surface area contributed by atoms with Gasteiger partial charge in [-0.05, 0) is 60.3 Å². The molecule has 1 aromatic heterocycles. The lowest BCUT2D eigenvalue weighted by atomic mass is 10.1. The molecule has 4 rings (SSSR count). The van der Waals surface area contributed by atoms with Crippen molar-refractivity contribution in [3.63, 3.8) is 0 Å². The largest absolute Gasteiger partial charge is 0.495 e. The molecule has 2 aromatic carbocycles. The maximum Gasteiger partial charge on any atom is 0.337 e. The molecule has 1 aliphatic heterocycles. The van der Waals surface area contributed by atoms with Crippen molar-refractivity contribution < 1.29 is 33.4 Å². The standard InChI is InChI=1S/C24H16Cl2N2O7S/c1-34-19-6-3-13(9-17(19)26)27-21(29)11-28-22(30)20(36-24(28)33)10-14-4-7-18(35-14)12-2-5-16(25)15(8-12)23(31)32/h2-10H,11H2,1H3,(H,27,29)(H,31,32)/b20-10+. The highest BCUT2D eigenvalue weighted by molar-refractivity contribution is 8.18. The molecule has 9 nitrogen and oxygen atoms in total. The Balaban J connectivity index is 1.46. The van der Waals surface area contributed by atoms with E-state index in [-0.39, 0.29) is 21.3 Å². The number of imide groups is 1. The van der Waals surface area contributed by atoms with Crippen molar-refractivity contribution in [3.05, 3.63) is 74.8 Å². The van der Waals surface area contributed by atoms with E-state index in [2.05, 4.69) is 5.32 Å². The first-order chi connectivity index (χ1) is 17.2. The number of halogens is 2. The molecule has 0 unspecified atom stereocenters. The lowest BCUT2D eigenvalue weighted by Gasteiger charge is -2.13. The number of nitrogens with zero attached hydrogens (tertiary/aromatic N) is 1. The van der Waals surface area contributed by atoms with Gasteiger partial charge < -0.3 is 19.6 Å². The van der Waals surface area contributed by atoms with Crippen molar-refractivity contribution >= 4 is 69.8 Å². The van der Waals surface area contributed by atoms with Crippen LogP contribution in [0, 0.1) is 0 Å². The molecule has 1 fully saturated rings. The number of furan rings is 1. The summed E-state index contributed by atoms with van der Waals surface area (Å²) in [5, 5.41) is 11.6. The van der Waals surface area contributed by atoms with Crippen LogP contribution in [-0.4, -0.2) is 46.7 Å². The number of carboxylic acids is 1. The van der Waals surface area contributed by atoms with Gasteiger partial charge in [0.05, 0.1) is 27.6 Å². The summed E-state index contributed by atoms with van der Waals surface area (Å²) in [6, 6.07) is 12.2. The van der Waals surface area contributed by atoms with Gasteiger partial charge in [0.25, 0.3) is 11.1 Å². The molecule has 0 bridgehead atoms. The second kappa shape index (κ2) is 10.5. The second-order valence-corrected chi connectivity index (χ2v) is 9.17. The Bertz CT molecular complexity index is 1430. The van der Waals surface area contributed by atoms with Crippen LogP contribution >= 0.6 is 35.0 Å². The van der Waals surface area contributed by atoms with Crippen LogP contribution < -0.4 is 10.1 Å². The Kier molecular flexibility index (Phi) is 7.39. The summed E-state index contributed by atoms with van der Waals surface area (Å²) in [4.78, 5) is 49.8. The number of hydrogen-bond acceptors (Lipinski definition) is 7. The molecule has 0 atom stereocenters.